The van der Waals surface area contributed by atoms with Gasteiger partial charge in [-0.15, -0.1) is 0 Å². The molecule has 1 aliphatic heterocycles. The van der Waals surface area contributed by atoms with Crippen LogP contribution in [0.3, 0.4) is 0 Å². The van der Waals surface area contributed by atoms with E-state index in [0.717, 1.165) is 12.2 Å². The number of fused-ring (bicyclic) bond motifs is 1. The standard InChI is InChI=1S/C13H17N/c1-9(2)11-5-6-12-8-14(4)10(3)13(12)7-11/h5-7,9H,3,8H2,1-2,4H3. The molecule has 0 fully saturated rings. The predicted molar refractivity (Wildman–Crippen MR) is 61.0 cm³/mol. The van der Waals surface area contributed by atoms with Gasteiger partial charge in [0.25, 0.3) is 0 Å². The zero-order valence-electron chi connectivity index (χ0n) is 9.17. The lowest BCUT2D eigenvalue weighted by Crippen LogP contribution is -2.05. The summed E-state index contributed by atoms with van der Waals surface area (Å²) < 4.78 is 0. The number of rotatable bonds is 1. The molecule has 0 aliphatic carbocycles. The molecule has 14 heavy (non-hydrogen) atoms. The molecule has 1 nitrogen and oxygen atoms in total. The van der Waals surface area contributed by atoms with Crippen LogP contribution in [0, 0.1) is 0 Å². The maximum Gasteiger partial charge on any atom is 0.0432 e. The molecule has 1 heterocycles. The van der Waals surface area contributed by atoms with E-state index in [-0.39, 0.29) is 0 Å². The first-order valence-corrected chi connectivity index (χ1v) is 5.13. The number of hydrogen-bond acceptors (Lipinski definition) is 1. The second-order valence-electron chi connectivity index (χ2n) is 4.37. The molecule has 0 radical (unpaired) electrons. The van der Waals surface area contributed by atoms with Crippen molar-refractivity contribution in [1.29, 1.82) is 0 Å². The quantitative estimate of drug-likeness (QED) is 0.652. The molecular weight excluding hydrogens is 170 g/mol. The topological polar surface area (TPSA) is 3.24 Å². The van der Waals surface area contributed by atoms with Crippen LogP contribution in [0.15, 0.2) is 24.8 Å². The van der Waals surface area contributed by atoms with Gasteiger partial charge in [0, 0.05) is 24.9 Å². The van der Waals surface area contributed by atoms with E-state index in [0.29, 0.717) is 5.92 Å². The van der Waals surface area contributed by atoms with Crippen LogP contribution in [0.2, 0.25) is 0 Å². The van der Waals surface area contributed by atoms with E-state index in [4.69, 9.17) is 0 Å². The first-order chi connectivity index (χ1) is 6.59. The van der Waals surface area contributed by atoms with Crippen molar-refractivity contribution in [3.05, 3.63) is 41.5 Å². The zero-order chi connectivity index (χ0) is 10.3. The van der Waals surface area contributed by atoms with Crippen molar-refractivity contribution < 1.29 is 0 Å². The molecule has 0 N–H and O–H groups in total. The van der Waals surface area contributed by atoms with E-state index in [1.54, 1.807) is 0 Å². The molecule has 0 spiro atoms. The second-order valence-corrected chi connectivity index (χ2v) is 4.37. The fourth-order valence-corrected chi connectivity index (χ4v) is 1.92. The predicted octanol–water partition coefficient (Wildman–Crippen LogP) is 3.23. The molecule has 0 unspecified atom stereocenters. The molecule has 0 atom stereocenters. The van der Waals surface area contributed by atoms with Crippen molar-refractivity contribution in [2.75, 3.05) is 7.05 Å². The average Bonchev–Trinajstić information content (AvgIpc) is 2.43. The molecule has 2 rings (SSSR count). The van der Waals surface area contributed by atoms with Crippen LogP contribution < -0.4 is 0 Å². The highest BCUT2D eigenvalue weighted by Crippen LogP contribution is 2.32. The molecule has 1 heteroatoms. The second kappa shape index (κ2) is 3.16. The minimum Gasteiger partial charge on any atom is -0.370 e. The summed E-state index contributed by atoms with van der Waals surface area (Å²) >= 11 is 0. The first kappa shape index (κ1) is 9.32. The molecule has 1 aromatic rings. The molecule has 0 aromatic heterocycles. The third-order valence-electron chi connectivity index (χ3n) is 2.98. The maximum absolute atomic E-state index is 4.10. The fourth-order valence-electron chi connectivity index (χ4n) is 1.92. The van der Waals surface area contributed by atoms with Crippen molar-refractivity contribution in [3.8, 4) is 0 Å². The summed E-state index contributed by atoms with van der Waals surface area (Å²) in [4.78, 5) is 2.20. The first-order valence-electron chi connectivity index (χ1n) is 5.13. The molecule has 74 valence electrons. The van der Waals surface area contributed by atoms with Crippen molar-refractivity contribution in [3.63, 3.8) is 0 Å². The molecule has 0 saturated carbocycles. The van der Waals surface area contributed by atoms with E-state index in [9.17, 15) is 0 Å². The van der Waals surface area contributed by atoms with E-state index in [1.807, 2.05) is 0 Å². The lowest BCUT2D eigenvalue weighted by Gasteiger charge is -2.11. The Balaban J connectivity index is 2.46. The van der Waals surface area contributed by atoms with Gasteiger partial charge in [0.15, 0.2) is 0 Å². The minimum atomic E-state index is 0.596. The maximum atomic E-state index is 4.10. The Labute approximate surface area is 86.1 Å². The Bertz CT molecular complexity index is 377. The summed E-state index contributed by atoms with van der Waals surface area (Å²) in [6.45, 7) is 9.56. The van der Waals surface area contributed by atoms with Crippen LogP contribution in [-0.2, 0) is 6.54 Å². The van der Waals surface area contributed by atoms with Crippen LogP contribution in [0.4, 0.5) is 0 Å². The van der Waals surface area contributed by atoms with Crippen LogP contribution in [-0.4, -0.2) is 11.9 Å². The van der Waals surface area contributed by atoms with E-state index in [1.165, 1.54) is 16.7 Å². The minimum absolute atomic E-state index is 0.596. The third kappa shape index (κ3) is 1.33. The van der Waals surface area contributed by atoms with Gasteiger partial charge >= 0.3 is 0 Å². The smallest absolute Gasteiger partial charge is 0.0432 e. The Morgan fingerprint density at radius 2 is 2.07 bits per heavy atom. The highest BCUT2D eigenvalue weighted by Gasteiger charge is 2.19. The summed E-state index contributed by atoms with van der Waals surface area (Å²) in [6.07, 6.45) is 0. The van der Waals surface area contributed by atoms with Gasteiger partial charge in [-0.05, 0) is 23.1 Å². The van der Waals surface area contributed by atoms with Gasteiger partial charge in [0.2, 0.25) is 0 Å². The summed E-state index contributed by atoms with van der Waals surface area (Å²) in [5.74, 6) is 0.596. The van der Waals surface area contributed by atoms with Crippen molar-refractivity contribution >= 4 is 5.70 Å². The average molecular weight is 187 g/mol. The summed E-state index contributed by atoms with van der Waals surface area (Å²) in [5.41, 5.74) is 5.29. The van der Waals surface area contributed by atoms with Gasteiger partial charge in [-0.1, -0.05) is 32.6 Å². The summed E-state index contributed by atoms with van der Waals surface area (Å²) in [6, 6.07) is 6.75. The van der Waals surface area contributed by atoms with Gasteiger partial charge in [0.05, 0.1) is 0 Å². The number of nitrogens with zero attached hydrogens (tertiary/aromatic N) is 1. The SMILES string of the molecule is C=C1c2cc(C(C)C)ccc2CN1C. The van der Waals surface area contributed by atoms with E-state index in [2.05, 4.69) is 50.6 Å². The largest absolute Gasteiger partial charge is 0.370 e. The van der Waals surface area contributed by atoms with E-state index >= 15 is 0 Å². The Morgan fingerprint density at radius 1 is 1.36 bits per heavy atom. The van der Waals surface area contributed by atoms with Crippen LogP contribution in [0.25, 0.3) is 5.70 Å². The molecular formula is C13H17N. The Morgan fingerprint density at radius 3 is 2.71 bits per heavy atom. The van der Waals surface area contributed by atoms with Gasteiger partial charge in [-0.2, -0.15) is 0 Å². The summed E-state index contributed by atoms with van der Waals surface area (Å²) in [7, 11) is 2.09. The molecule has 1 aromatic carbocycles. The zero-order valence-corrected chi connectivity index (χ0v) is 9.17. The van der Waals surface area contributed by atoms with Gasteiger partial charge < -0.3 is 4.90 Å². The van der Waals surface area contributed by atoms with E-state index < -0.39 is 0 Å². The monoisotopic (exact) mass is 187 g/mol. The molecule has 1 aliphatic rings. The third-order valence-corrected chi connectivity index (χ3v) is 2.98. The van der Waals surface area contributed by atoms with Gasteiger partial charge in [-0.3, -0.25) is 0 Å². The lowest BCUT2D eigenvalue weighted by atomic mass is 9.98. The van der Waals surface area contributed by atoms with Crippen molar-refractivity contribution in [2.24, 2.45) is 0 Å². The fraction of sp³-hybridized carbons (Fsp3) is 0.385. The van der Waals surface area contributed by atoms with Crippen LogP contribution in [0.5, 0.6) is 0 Å². The highest BCUT2D eigenvalue weighted by molar-refractivity contribution is 5.69. The normalized spacial score (nSPS) is 15.1. The van der Waals surface area contributed by atoms with Crippen LogP contribution >= 0.6 is 0 Å². The van der Waals surface area contributed by atoms with Crippen LogP contribution in [0.1, 0.15) is 36.5 Å². The molecule has 0 amide bonds. The summed E-state index contributed by atoms with van der Waals surface area (Å²) in [5, 5.41) is 0. The molecule has 0 saturated heterocycles. The van der Waals surface area contributed by atoms with Gasteiger partial charge in [-0.25, -0.2) is 0 Å². The Kier molecular flexibility index (Phi) is 2.10. The highest BCUT2D eigenvalue weighted by atomic mass is 15.1. The van der Waals surface area contributed by atoms with Gasteiger partial charge in [0.1, 0.15) is 0 Å². The number of benzene rings is 1. The lowest BCUT2D eigenvalue weighted by molar-refractivity contribution is 0.501. The Hall–Kier alpha value is -1.24. The van der Waals surface area contributed by atoms with Crippen molar-refractivity contribution in [2.45, 2.75) is 26.3 Å². The molecule has 0 bridgehead atoms. The number of hydrogen-bond donors (Lipinski definition) is 0. The van der Waals surface area contributed by atoms with Crippen molar-refractivity contribution in [1.82, 2.24) is 4.90 Å².